The molecule has 1 aliphatic heterocycles. The maximum absolute atomic E-state index is 12.0. The van der Waals surface area contributed by atoms with E-state index in [0.29, 0.717) is 5.00 Å². The van der Waals surface area contributed by atoms with Crippen molar-refractivity contribution in [3.05, 3.63) is 6.20 Å². The van der Waals surface area contributed by atoms with E-state index in [-0.39, 0.29) is 11.4 Å². The molecule has 1 aromatic heterocycles. The Hall–Kier alpha value is -1.01. The van der Waals surface area contributed by atoms with Crippen molar-refractivity contribution in [2.45, 2.75) is 31.7 Å². The van der Waals surface area contributed by atoms with Gasteiger partial charge >= 0.3 is 0 Å². The van der Waals surface area contributed by atoms with Gasteiger partial charge in [0.1, 0.15) is 5.00 Å². The molecule has 0 aliphatic carbocycles. The molecule has 0 bridgehead atoms. The van der Waals surface area contributed by atoms with E-state index in [1.165, 1.54) is 11.5 Å². The topological polar surface area (TPSA) is 66.9 Å². The van der Waals surface area contributed by atoms with E-state index in [2.05, 4.69) is 20.2 Å². The summed E-state index contributed by atoms with van der Waals surface area (Å²) in [5.41, 5.74) is -0.385. The van der Waals surface area contributed by atoms with E-state index in [9.17, 15) is 4.79 Å². The summed E-state index contributed by atoms with van der Waals surface area (Å²) < 4.78 is 3.71. The maximum atomic E-state index is 12.0. The molecular formula is C9H14N4OS. The van der Waals surface area contributed by atoms with Crippen molar-refractivity contribution in [3.8, 4) is 0 Å². The van der Waals surface area contributed by atoms with Crippen molar-refractivity contribution in [3.63, 3.8) is 0 Å². The number of carbonyl (C=O) groups is 1. The molecule has 1 fully saturated rings. The molecule has 0 spiro atoms. The molecule has 1 saturated heterocycles. The van der Waals surface area contributed by atoms with Crippen LogP contribution in [0, 0.1) is 0 Å². The fraction of sp³-hybridized carbons (Fsp3) is 0.667. The Morgan fingerprint density at radius 1 is 1.80 bits per heavy atom. The van der Waals surface area contributed by atoms with Gasteiger partial charge in [0.2, 0.25) is 5.91 Å². The number of aromatic nitrogens is 2. The number of hydrogen-bond donors (Lipinski definition) is 2. The van der Waals surface area contributed by atoms with Crippen molar-refractivity contribution >= 4 is 22.4 Å². The van der Waals surface area contributed by atoms with Crippen LogP contribution < -0.4 is 10.6 Å². The molecule has 82 valence electrons. The average Bonchev–Trinajstić information content (AvgIpc) is 2.87. The Morgan fingerprint density at radius 2 is 2.67 bits per heavy atom. The fourth-order valence-electron chi connectivity index (χ4n) is 1.92. The van der Waals surface area contributed by atoms with Gasteiger partial charge in [-0.3, -0.25) is 4.79 Å². The maximum Gasteiger partial charge on any atom is 0.245 e. The molecule has 2 N–H and O–H groups in total. The van der Waals surface area contributed by atoms with Gasteiger partial charge in [0.05, 0.1) is 11.7 Å². The molecule has 0 aromatic carbocycles. The van der Waals surface area contributed by atoms with Gasteiger partial charge in [-0.2, -0.15) is 0 Å². The second-order valence-corrected chi connectivity index (χ2v) is 4.49. The summed E-state index contributed by atoms with van der Waals surface area (Å²) in [6, 6.07) is 0. The highest BCUT2D eigenvalue weighted by Crippen LogP contribution is 2.25. The molecule has 6 heteroatoms. The first kappa shape index (κ1) is 10.5. The number of anilines is 1. The molecular weight excluding hydrogens is 212 g/mol. The van der Waals surface area contributed by atoms with Crippen LogP contribution in [0.2, 0.25) is 0 Å². The van der Waals surface area contributed by atoms with Crippen LogP contribution in [-0.4, -0.2) is 27.6 Å². The summed E-state index contributed by atoms with van der Waals surface area (Å²) in [4.78, 5) is 12.0. The number of nitrogens with zero attached hydrogens (tertiary/aromatic N) is 2. The zero-order valence-electron chi connectivity index (χ0n) is 8.62. The number of amides is 1. The van der Waals surface area contributed by atoms with Crippen molar-refractivity contribution in [1.82, 2.24) is 14.9 Å². The van der Waals surface area contributed by atoms with E-state index in [0.717, 1.165) is 25.8 Å². The summed E-state index contributed by atoms with van der Waals surface area (Å²) in [6.07, 6.45) is 4.34. The van der Waals surface area contributed by atoms with Crippen LogP contribution in [0.5, 0.6) is 0 Å². The zero-order valence-corrected chi connectivity index (χ0v) is 9.43. The minimum atomic E-state index is -0.385. The lowest BCUT2D eigenvalue weighted by Crippen LogP contribution is -2.50. The molecule has 1 atom stereocenters. The van der Waals surface area contributed by atoms with Crippen LogP contribution in [0.15, 0.2) is 6.20 Å². The predicted octanol–water partition coefficient (Wildman–Crippen LogP) is 1.01. The average molecular weight is 226 g/mol. The van der Waals surface area contributed by atoms with Crippen molar-refractivity contribution < 1.29 is 4.79 Å². The lowest BCUT2D eigenvalue weighted by Gasteiger charge is -2.25. The van der Waals surface area contributed by atoms with E-state index >= 15 is 0 Å². The van der Waals surface area contributed by atoms with Crippen molar-refractivity contribution in [2.24, 2.45) is 0 Å². The van der Waals surface area contributed by atoms with Gasteiger partial charge in [-0.25, -0.2) is 0 Å². The van der Waals surface area contributed by atoms with Crippen molar-refractivity contribution in [1.29, 1.82) is 0 Å². The standard InChI is InChI=1S/C9H14N4OS/c1-2-9(4-3-5-10-9)8(14)12-7-6-11-13-15-7/h6,10H,2-5H2,1H3,(H,12,14). The molecule has 15 heavy (non-hydrogen) atoms. The highest BCUT2D eigenvalue weighted by atomic mass is 32.1. The summed E-state index contributed by atoms with van der Waals surface area (Å²) in [5.74, 6) is 0.0357. The Morgan fingerprint density at radius 3 is 3.20 bits per heavy atom. The largest absolute Gasteiger partial charge is 0.313 e. The van der Waals surface area contributed by atoms with E-state index in [1.807, 2.05) is 6.92 Å². The highest BCUT2D eigenvalue weighted by Gasteiger charge is 2.39. The van der Waals surface area contributed by atoms with E-state index in [1.54, 1.807) is 6.20 Å². The Balaban J connectivity index is 2.06. The first-order chi connectivity index (χ1) is 7.27. The van der Waals surface area contributed by atoms with Crippen LogP contribution >= 0.6 is 11.5 Å². The summed E-state index contributed by atoms with van der Waals surface area (Å²) in [7, 11) is 0. The Kier molecular flexibility index (Phi) is 2.97. The third kappa shape index (κ3) is 2.00. The number of hydrogen-bond acceptors (Lipinski definition) is 5. The molecule has 1 amide bonds. The van der Waals surface area contributed by atoms with Gasteiger partial charge in [0.25, 0.3) is 0 Å². The third-order valence-electron chi connectivity index (χ3n) is 2.88. The molecule has 5 nitrogen and oxygen atoms in total. The summed E-state index contributed by atoms with van der Waals surface area (Å²) in [6.45, 7) is 2.95. The second-order valence-electron chi connectivity index (χ2n) is 3.70. The third-order valence-corrected chi connectivity index (χ3v) is 3.46. The Bertz CT molecular complexity index is 332. The fourth-order valence-corrected chi connectivity index (χ4v) is 2.33. The molecule has 1 aliphatic rings. The quantitative estimate of drug-likeness (QED) is 0.807. The van der Waals surface area contributed by atoms with Gasteiger partial charge in [-0.05, 0) is 25.8 Å². The lowest BCUT2D eigenvalue weighted by atomic mass is 9.93. The van der Waals surface area contributed by atoms with Crippen LogP contribution in [0.25, 0.3) is 0 Å². The first-order valence-corrected chi connectivity index (χ1v) is 5.88. The number of carbonyl (C=O) groups excluding carboxylic acids is 1. The van der Waals surface area contributed by atoms with E-state index in [4.69, 9.17) is 0 Å². The number of rotatable bonds is 3. The summed E-state index contributed by atoms with van der Waals surface area (Å²) >= 11 is 1.20. The molecule has 2 rings (SSSR count). The molecule has 1 unspecified atom stereocenters. The van der Waals surface area contributed by atoms with Gasteiger partial charge < -0.3 is 10.6 Å². The van der Waals surface area contributed by atoms with Gasteiger partial charge in [0.15, 0.2) is 0 Å². The highest BCUT2D eigenvalue weighted by molar-refractivity contribution is 7.10. The zero-order chi connectivity index (χ0) is 10.7. The predicted molar refractivity (Wildman–Crippen MR) is 58.8 cm³/mol. The van der Waals surface area contributed by atoms with Gasteiger partial charge in [-0.15, -0.1) is 5.10 Å². The van der Waals surface area contributed by atoms with E-state index < -0.39 is 0 Å². The van der Waals surface area contributed by atoms with Crippen molar-refractivity contribution in [2.75, 3.05) is 11.9 Å². The molecule has 1 aromatic rings. The number of nitrogens with one attached hydrogen (secondary N) is 2. The molecule has 0 saturated carbocycles. The monoisotopic (exact) mass is 226 g/mol. The van der Waals surface area contributed by atoms with Crippen LogP contribution in [-0.2, 0) is 4.79 Å². The molecule has 2 heterocycles. The minimum Gasteiger partial charge on any atom is -0.313 e. The smallest absolute Gasteiger partial charge is 0.245 e. The Labute approximate surface area is 92.4 Å². The van der Waals surface area contributed by atoms with Crippen LogP contribution in [0.4, 0.5) is 5.00 Å². The van der Waals surface area contributed by atoms with Crippen LogP contribution in [0.1, 0.15) is 26.2 Å². The summed E-state index contributed by atoms with van der Waals surface area (Å²) in [5, 5.41) is 10.5. The van der Waals surface area contributed by atoms with Crippen LogP contribution in [0.3, 0.4) is 0 Å². The lowest BCUT2D eigenvalue weighted by molar-refractivity contribution is -0.122. The van der Waals surface area contributed by atoms with Gasteiger partial charge in [0, 0.05) is 11.5 Å². The second kappa shape index (κ2) is 4.24. The molecule has 0 radical (unpaired) electrons. The van der Waals surface area contributed by atoms with Gasteiger partial charge in [-0.1, -0.05) is 11.4 Å². The first-order valence-electron chi connectivity index (χ1n) is 5.11. The minimum absolute atomic E-state index is 0.0357. The SMILES string of the molecule is CCC1(C(=O)Nc2cnns2)CCCN1. The normalized spacial score (nSPS) is 25.4.